The van der Waals surface area contributed by atoms with E-state index in [1.807, 2.05) is 12.1 Å². The highest BCUT2D eigenvalue weighted by atomic mass is 79.9. The third-order valence-electron chi connectivity index (χ3n) is 3.99. The summed E-state index contributed by atoms with van der Waals surface area (Å²) in [5.41, 5.74) is 1.41. The zero-order valence-corrected chi connectivity index (χ0v) is 19.8. The lowest BCUT2D eigenvalue weighted by Crippen LogP contribution is -2.23. The van der Waals surface area contributed by atoms with Gasteiger partial charge in [-0.2, -0.15) is 0 Å². The number of hydrogen-bond acceptors (Lipinski definition) is 5. The summed E-state index contributed by atoms with van der Waals surface area (Å²) in [6.07, 6.45) is 3.43. The Morgan fingerprint density at radius 1 is 1.30 bits per heavy atom. The Kier molecular flexibility index (Phi) is 7.17. The van der Waals surface area contributed by atoms with Crippen molar-refractivity contribution < 1.29 is 19.4 Å². The number of carbonyl (C=O) groups excluding carboxylic acids is 1. The van der Waals surface area contributed by atoms with Gasteiger partial charge in [-0.15, -0.1) is 0 Å². The Labute approximate surface area is 194 Å². The van der Waals surface area contributed by atoms with Crippen LogP contribution in [-0.4, -0.2) is 40.7 Å². The predicted molar refractivity (Wildman–Crippen MR) is 126 cm³/mol. The van der Waals surface area contributed by atoms with Crippen LogP contribution in [-0.2, 0) is 4.79 Å². The largest absolute Gasteiger partial charge is 0.487 e. The Morgan fingerprint density at radius 2 is 2.00 bits per heavy atom. The van der Waals surface area contributed by atoms with Crippen LogP contribution >= 0.6 is 43.6 Å². The summed E-state index contributed by atoms with van der Waals surface area (Å²) < 4.78 is 7.10. The molecule has 0 atom stereocenters. The summed E-state index contributed by atoms with van der Waals surface area (Å²) in [5, 5.41) is 9.60. The lowest BCUT2D eigenvalue weighted by molar-refractivity contribution is -0.121. The number of halogens is 2. The molecule has 9 heteroatoms. The molecule has 1 heterocycles. The number of aromatic carboxylic acids is 1. The van der Waals surface area contributed by atoms with E-state index in [9.17, 15) is 9.59 Å². The standard InChI is InChI=1S/C21H16Br2N2O4S/c1-3-7-29-18-15(22)8-12(9-16(18)23)10-17-19(26)25(2)21(30-17)24-14-6-4-5-13(11-14)20(27)28/h3-6,8-11H,1,7H2,2H3,(H,27,28)/b17-10-,24-21?. The van der Waals surface area contributed by atoms with Crippen molar-refractivity contribution in [3.05, 3.63) is 74.0 Å². The first-order chi connectivity index (χ1) is 14.3. The summed E-state index contributed by atoms with van der Waals surface area (Å²) in [7, 11) is 1.63. The molecule has 1 amide bonds. The first-order valence-electron chi connectivity index (χ1n) is 8.62. The van der Waals surface area contributed by atoms with Gasteiger partial charge in [0.15, 0.2) is 5.17 Å². The number of amides is 1. The average molecular weight is 552 g/mol. The van der Waals surface area contributed by atoms with Crippen molar-refractivity contribution in [2.45, 2.75) is 0 Å². The molecule has 154 valence electrons. The number of nitrogens with zero attached hydrogens (tertiary/aromatic N) is 2. The van der Waals surface area contributed by atoms with E-state index < -0.39 is 5.97 Å². The first kappa shape index (κ1) is 22.3. The smallest absolute Gasteiger partial charge is 0.335 e. The van der Waals surface area contributed by atoms with Crippen molar-refractivity contribution in [1.82, 2.24) is 4.90 Å². The van der Waals surface area contributed by atoms with E-state index in [-0.39, 0.29) is 11.5 Å². The summed E-state index contributed by atoms with van der Waals surface area (Å²) in [5.74, 6) is -0.565. The van der Waals surface area contributed by atoms with Gasteiger partial charge >= 0.3 is 5.97 Å². The molecule has 1 fully saturated rings. The van der Waals surface area contributed by atoms with Gasteiger partial charge in [-0.1, -0.05) is 18.7 Å². The highest BCUT2D eigenvalue weighted by Crippen LogP contribution is 2.38. The van der Waals surface area contributed by atoms with Gasteiger partial charge < -0.3 is 9.84 Å². The molecule has 2 aromatic rings. The molecule has 1 saturated heterocycles. The van der Waals surface area contributed by atoms with Crippen molar-refractivity contribution in [1.29, 1.82) is 0 Å². The maximum Gasteiger partial charge on any atom is 0.335 e. The van der Waals surface area contributed by atoms with Gasteiger partial charge in [0, 0.05) is 7.05 Å². The van der Waals surface area contributed by atoms with Gasteiger partial charge in [-0.25, -0.2) is 9.79 Å². The number of aliphatic imine (C=N–C) groups is 1. The van der Waals surface area contributed by atoms with Crippen LogP contribution in [0.1, 0.15) is 15.9 Å². The molecule has 0 aliphatic carbocycles. The molecule has 0 unspecified atom stereocenters. The van der Waals surface area contributed by atoms with Crippen LogP contribution in [0.5, 0.6) is 5.75 Å². The van der Waals surface area contributed by atoms with E-state index in [1.165, 1.54) is 28.8 Å². The number of carboxylic acid groups (broad SMARTS) is 1. The molecule has 0 spiro atoms. The zero-order valence-electron chi connectivity index (χ0n) is 15.8. The second-order valence-corrected chi connectivity index (χ2v) is 8.86. The number of thioether (sulfide) groups is 1. The minimum atomic E-state index is -1.03. The molecule has 0 saturated carbocycles. The van der Waals surface area contributed by atoms with E-state index in [4.69, 9.17) is 9.84 Å². The number of carbonyl (C=O) groups is 2. The van der Waals surface area contributed by atoms with E-state index >= 15 is 0 Å². The molecular formula is C21H16Br2N2O4S. The molecule has 1 aliphatic heterocycles. The van der Waals surface area contributed by atoms with Crippen LogP contribution < -0.4 is 4.74 Å². The number of amidine groups is 1. The molecule has 0 radical (unpaired) electrons. The Hall–Kier alpha value is -2.36. The SMILES string of the molecule is C=CCOc1c(Br)cc(/C=C2\SC(=Nc3cccc(C(=O)O)c3)N(C)C2=O)cc1Br. The average Bonchev–Trinajstić information content (AvgIpc) is 2.95. The second-order valence-electron chi connectivity index (χ2n) is 6.14. The number of likely N-dealkylation sites (N-methyl/N-ethyl adjacent to an activating group) is 1. The topological polar surface area (TPSA) is 79.2 Å². The highest BCUT2D eigenvalue weighted by Gasteiger charge is 2.30. The summed E-state index contributed by atoms with van der Waals surface area (Å²) >= 11 is 8.20. The van der Waals surface area contributed by atoms with Crippen LogP contribution in [0.4, 0.5) is 5.69 Å². The fourth-order valence-electron chi connectivity index (χ4n) is 2.56. The Balaban J connectivity index is 1.89. The third-order valence-corrected chi connectivity index (χ3v) is 6.22. The Morgan fingerprint density at radius 3 is 2.63 bits per heavy atom. The normalized spacial score (nSPS) is 16.4. The highest BCUT2D eigenvalue weighted by molar-refractivity contribution is 9.11. The summed E-state index contributed by atoms with van der Waals surface area (Å²) in [6.45, 7) is 4.01. The van der Waals surface area contributed by atoms with Gasteiger partial charge in [-0.05, 0) is 85.6 Å². The van der Waals surface area contributed by atoms with Crippen LogP contribution in [0, 0.1) is 0 Å². The maximum atomic E-state index is 12.7. The monoisotopic (exact) mass is 550 g/mol. The van der Waals surface area contributed by atoms with E-state index in [0.29, 0.717) is 28.1 Å². The molecule has 0 aromatic heterocycles. The van der Waals surface area contributed by atoms with Crippen molar-refractivity contribution in [3.8, 4) is 5.75 Å². The number of hydrogen-bond donors (Lipinski definition) is 1. The van der Waals surface area contributed by atoms with Gasteiger partial charge in [0.1, 0.15) is 12.4 Å². The van der Waals surface area contributed by atoms with Crippen molar-refractivity contribution in [3.63, 3.8) is 0 Å². The fourth-order valence-corrected chi connectivity index (χ4v) is 5.00. The fraction of sp³-hybridized carbons (Fsp3) is 0.0952. The minimum Gasteiger partial charge on any atom is -0.487 e. The van der Waals surface area contributed by atoms with Gasteiger partial charge in [0.2, 0.25) is 0 Å². The first-order valence-corrected chi connectivity index (χ1v) is 11.0. The van der Waals surface area contributed by atoms with E-state index in [1.54, 1.807) is 31.3 Å². The quantitative estimate of drug-likeness (QED) is 0.367. The Bertz CT molecular complexity index is 1080. The van der Waals surface area contributed by atoms with Crippen LogP contribution in [0.25, 0.3) is 6.08 Å². The summed E-state index contributed by atoms with van der Waals surface area (Å²) in [6, 6.07) is 9.98. The number of benzene rings is 2. The molecule has 0 bridgehead atoms. The zero-order chi connectivity index (χ0) is 21.8. The van der Waals surface area contributed by atoms with Crippen molar-refractivity contribution >= 4 is 72.4 Å². The number of carboxylic acids is 1. The van der Waals surface area contributed by atoms with E-state index in [2.05, 4.69) is 43.4 Å². The lowest BCUT2D eigenvalue weighted by Gasteiger charge is -2.09. The van der Waals surface area contributed by atoms with Crippen LogP contribution in [0.3, 0.4) is 0 Å². The maximum absolute atomic E-state index is 12.7. The molecule has 3 rings (SSSR count). The number of ether oxygens (including phenoxy) is 1. The summed E-state index contributed by atoms with van der Waals surface area (Å²) in [4.78, 5) is 30.2. The van der Waals surface area contributed by atoms with Gasteiger partial charge in [0.25, 0.3) is 5.91 Å². The van der Waals surface area contributed by atoms with Crippen molar-refractivity contribution in [2.75, 3.05) is 13.7 Å². The molecule has 6 nitrogen and oxygen atoms in total. The minimum absolute atomic E-state index is 0.137. The van der Waals surface area contributed by atoms with E-state index in [0.717, 1.165) is 14.5 Å². The van der Waals surface area contributed by atoms with Gasteiger partial charge in [-0.3, -0.25) is 9.69 Å². The molecule has 1 aliphatic rings. The number of rotatable bonds is 6. The molecular weight excluding hydrogens is 536 g/mol. The van der Waals surface area contributed by atoms with Gasteiger partial charge in [0.05, 0.1) is 25.1 Å². The van der Waals surface area contributed by atoms with Crippen LogP contribution in [0.15, 0.2) is 67.9 Å². The molecule has 1 N–H and O–H groups in total. The molecule has 30 heavy (non-hydrogen) atoms. The predicted octanol–water partition coefficient (Wildman–Crippen LogP) is 5.71. The van der Waals surface area contributed by atoms with Crippen LogP contribution in [0.2, 0.25) is 0 Å². The van der Waals surface area contributed by atoms with Crippen molar-refractivity contribution in [2.24, 2.45) is 4.99 Å². The third kappa shape index (κ3) is 5.03. The molecule has 2 aromatic carbocycles. The lowest BCUT2D eigenvalue weighted by atomic mass is 10.2. The second kappa shape index (κ2) is 9.63.